The van der Waals surface area contributed by atoms with Gasteiger partial charge in [0.25, 0.3) is 0 Å². The molecule has 1 fully saturated rings. The molecule has 0 aromatic carbocycles. The summed E-state index contributed by atoms with van der Waals surface area (Å²) in [5.74, 6) is 0.110. The van der Waals surface area contributed by atoms with Crippen molar-refractivity contribution in [3.8, 4) is 0 Å². The molecule has 1 rings (SSSR count). The standard InChI is InChI=1S/C11H21N3O2/c1-3-7(2)10(12)11(16)13-6-8-4-5-9(15)14-8/h7-8,10H,3-6,12H2,1-2H3,(H,13,16)(H,14,15). The molecule has 0 aliphatic carbocycles. The summed E-state index contributed by atoms with van der Waals surface area (Å²) in [5.41, 5.74) is 5.78. The van der Waals surface area contributed by atoms with Gasteiger partial charge in [0.2, 0.25) is 11.8 Å². The van der Waals surface area contributed by atoms with Crippen molar-refractivity contribution in [1.82, 2.24) is 10.6 Å². The molecule has 1 heterocycles. The maximum atomic E-state index is 11.6. The molecule has 1 aliphatic heterocycles. The van der Waals surface area contributed by atoms with Gasteiger partial charge in [-0.2, -0.15) is 0 Å². The summed E-state index contributed by atoms with van der Waals surface area (Å²) in [6, 6.07) is -0.386. The molecule has 0 aromatic heterocycles. The van der Waals surface area contributed by atoms with E-state index >= 15 is 0 Å². The molecule has 0 saturated carbocycles. The maximum Gasteiger partial charge on any atom is 0.237 e. The minimum Gasteiger partial charge on any atom is -0.353 e. The third-order valence-electron chi connectivity index (χ3n) is 3.17. The highest BCUT2D eigenvalue weighted by atomic mass is 16.2. The highest BCUT2D eigenvalue weighted by Gasteiger charge is 2.23. The van der Waals surface area contributed by atoms with Crippen molar-refractivity contribution in [3.05, 3.63) is 0 Å². The average molecular weight is 227 g/mol. The lowest BCUT2D eigenvalue weighted by Gasteiger charge is -2.19. The van der Waals surface area contributed by atoms with Gasteiger partial charge in [-0.15, -0.1) is 0 Å². The van der Waals surface area contributed by atoms with Gasteiger partial charge >= 0.3 is 0 Å². The third kappa shape index (κ3) is 3.48. The van der Waals surface area contributed by atoms with Crippen molar-refractivity contribution < 1.29 is 9.59 Å². The van der Waals surface area contributed by atoms with Crippen LogP contribution in [0.25, 0.3) is 0 Å². The van der Waals surface area contributed by atoms with Crippen LogP contribution in [0.1, 0.15) is 33.1 Å². The first-order valence-corrected chi connectivity index (χ1v) is 5.87. The lowest BCUT2D eigenvalue weighted by Crippen LogP contribution is -2.48. The van der Waals surface area contributed by atoms with Gasteiger partial charge in [-0.05, 0) is 12.3 Å². The highest BCUT2D eigenvalue weighted by molar-refractivity contribution is 5.82. The molecule has 0 radical (unpaired) electrons. The van der Waals surface area contributed by atoms with Crippen LogP contribution in [0, 0.1) is 5.92 Å². The Morgan fingerprint density at radius 1 is 1.69 bits per heavy atom. The zero-order valence-corrected chi connectivity index (χ0v) is 9.95. The van der Waals surface area contributed by atoms with Crippen molar-refractivity contribution in [2.45, 2.75) is 45.2 Å². The number of hydrogen-bond donors (Lipinski definition) is 3. The zero-order chi connectivity index (χ0) is 12.1. The summed E-state index contributed by atoms with van der Waals surface area (Å²) >= 11 is 0. The Kier molecular flexibility index (Phi) is 4.73. The number of hydrogen-bond acceptors (Lipinski definition) is 3. The number of rotatable bonds is 5. The molecule has 1 saturated heterocycles. The Morgan fingerprint density at radius 3 is 2.88 bits per heavy atom. The Hall–Kier alpha value is -1.10. The smallest absolute Gasteiger partial charge is 0.237 e. The van der Waals surface area contributed by atoms with Crippen LogP contribution in [0.5, 0.6) is 0 Å². The minimum absolute atomic E-state index is 0.0606. The fraction of sp³-hybridized carbons (Fsp3) is 0.818. The number of nitrogens with one attached hydrogen (secondary N) is 2. The third-order valence-corrected chi connectivity index (χ3v) is 3.17. The first-order chi connectivity index (χ1) is 7.54. The fourth-order valence-corrected chi connectivity index (χ4v) is 1.68. The van der Waals surface area contributed by atoms with Gasteiger partial charge in [0, 0.05) is 19.0 Å². The Bertz CT molecular complexity index is 268. The van der Waals surface area contributed by atoms with Crippen molar-refractivity contribution >= 4 is 11.8 Å². The van der Waals surface area contributed by atoms with Gasteiger partial charge in [0.05, 0.1) is 6.04 Å². The Labute approximate surface area is 96.1 Å². The quantitative estimate of drug-likeness (QED) is 0.606. The Morgan fingerprint density at radius 2 is 2.38 bits per heavy atom. The van der Waals surface area contributed by atoms with E-state index < -0.39 is 6.04 Å². The van der Waals surface area contributed by atoms with E-state index in [4.69, 9.17) is 5.73 Å². The number of carbonyl (C=O) groups excluding carboxylic acids is 2. The maximum absolute atomic E-state index is 11.6. The van der Waals surface area contributed by atoms with Gasteiger partial charge in [-0.3, -0.25) is 9.59 Å². The van der Waals surface area contributed by atoms with Gasteiger partial charge < -0.3 is 16.4 Å². The molecule has 16 heavy (non-hydrogen) atoms. The molecule has 0 spiro atoms. The van der Waals surface area contributed by atoms with Crippen LogP contribution in [-0.2, 0) is 9.59 Å². The molecule has 0 bridgehead atoms. The lowest BCUT2D eigenvalue weighted by molar-refractivity contribution is -0.124. The second-order valence-corrected chi connectivity index (χ2v) is 4.46. The van der Waals surface area contributed by atoms with Crippen LogP contribution in [-0.4, -0.2) is 30.4 Å². The van der Waals surface area contributed by atoms with E-state index in [9.17, 15) is 9.59 Å². The molecular formula is C11H21N3O2. The van der Waals surface area contributed by atoms with E-state index in [-0.39, 0.29) is 23.8 Å². The van der Waals surface area contributed by atoms with Crippen LogP contribution in [0.4, 0.5) is 0 Å². The summed E-state index contributed by atoms with van der Waals surface area (Å²) in [4.78, 5) is 22.6. The molecule has 5 nitrogen and oxygen atoms in total. The fourth-order valence-electron chi connectivity index (χ4n) is 1.68. The SMILES string of the molecule is CCC(C)C(N)C(=O)NCC1CCC(=O)N1. The molecule has 4 N–H and O–H groups in total. The Balaban J connectivity index is 2.27. The second kappa shape index (κ2) is 5.84. The highest BCUT2D eigenvalue weighted by Crippen LogP contribution is 2.07. The monoisotopic (exact) mass is 227 g/mol. The van der Waals surface area contributed by atoms with Crippen LogP contribution in [0.2, 0.25) is 0 Å². The van der Waals surface area contributed by atoms with E-state index in [0.29, 0.717) is 13.0 Å². The van der Waals surface area contributed by atoms with Gasteiger partial charge in [-0.1, -0.05) is 20.3 Å². The lowest BCUT2D eigenvalue weighted by atomic mass is 9.99. The van der Waals surface area contributed by atoms with Crippen molar-refractivity contribution in [2.75, 3.05) is 6.54 Å². The molecule has 3 atom stereocenters. The minimum atomic E-state index is -0.456. The molecule has 5 heteroatoms. The molecular weight excluding hydrogens is 206 g/mol. The normalized spacial score (nSPS) is 23.7. The molecule has 0 aromatic rings. The van der Waals surface area contributed by atoms with E-state index in [2.05, 4.69) is 10.6 Å². The molecule has 2 amide bonds. The first kappa shape index (κ1) is 13.0. The molecule has 92 valence electrons. The van der Waals surface area contributed by atoms with E-state index in [1.807, 2.05) is 13.8 Å². The van der Waals surface area contributed by atoms with Crippen LogP contribution < -0.4 is 16.4 Å². The summed E-state index contributed by atoms with van der Waals surface area (Å²) < 4.78 is 0. The topological polar surface area (TPSA) is 84.2 Å². The number of amides is 2. The predicted molar refractivity (Wildman–Crippen MR) is 61.6 cm³/mol. The molecule has 1 aliphatic rings. The summed E-state index contributed by atoms with van der Waals surface area (Å²) in [6.07, 6.45) is 2.23. The first-order valence-electron chi connectivity index (χ1n) is 5.87. The van der Waals surface area contributed by atoms with Crippen molar-refractivity contribution in [3.63, 3.8) is 0 Å². The van der Waals surface area contributed by atoms with Gasteiger partial charge in [-0.25, -0.2) is 0 Å². The summed E-state index contributed by atoms with van der Waals surface area (Å²) in [6.45, 7) is 4.45. The van der Waals surface area contributed by atoms with Crippen LogP contribution >= 0.6 is 0 Å². The second-order valence-electron chi connectivity index (χ2n) is 4.46. The van der Waals surface area contributed by atoms with Crippen molar-refractivity contribution in [2.24, 2.45) is 11.7 Å². The average Bonchev–Trinajstić information content (AvgIpc) is 2.69. The van der Waals surface area contributed by atoms with E-state index in [0.717, 1.165) is 12.8 Å². The van der Waals surface area contributed by atoms with Crippen LogP contribution in [0.3, 0.4) is 0 Å². The molecule has 3 unspecified atom stereocenters. The van der Waals surface area contributed by atoms with Gasteiger partial charge in [0.15, 0.2) is 0 Å². The van der Waals surface area contributed by atoms with E-state index in [1.165, 1.54) is 0 Å². The zero-order valence-electron chi connectivity index (χ0n) is 9.95. The van der Waals surface area contributed by atoms with Crippen LogP contribution in [0.15, 0.2) is 0 Å². The summed E-state index contributed by atoms with van der Waals surface area (Å²) in [7, 11) is 0. The summed E-state index contributed by atoms with van der Waals surface area (Å²) in [5, 5.41) is 5.58. The van der Waals surface area contributed by atoms with Crippen molar-refractivity contribution in [1.29, 1.82) is 0 Å². The van der Waals surface area contributed by atoms with Gasteiger partial charge in [0.1, 0.15) is 0 Å². The predicted octanol–water partition coefficient (Wildman–Crippen LogP) is -0.245. The van der Waals surface area contributed by atoms with E-state index in [1.54, 1.807) is 0 Å². The number of carbonyl (C=O) groups is 2. The largest absolute Gasteiger partial charge is 0.353 e. The number of nitrogens with two attached hydrogens (primary N) is 1.